The van der Waals surface area contributed by atoms with Crippen molar-refractivity contribution in [1.29, 1.82) is 0 Å². The van der Waals surface area contributed by atoms with Crippen LogP contribution >= 0.6 is 22.7 Å². The molecule has 3 rings (SSSR count). The Hall–Kier alpha value is -2.56. The molecule has 0 aliphatic rings. The maximum atomic E-state index is 12.0. The zero-order valence-electron chi connectivity index (χ0n) is 12.7. The molecule has 0 saturated heterocycles. The lowest BCUT2D eigenvalue weighted by molar-refractivity contribution is 0.104. The van der Waals surface area contributed by atoms with Crippen LogP contribution in [0.25, 0.3) is 12.2 Å². The number of rotatable bonds is 6. The highest BCUT2D eigenvalue weighted by atomic mass is 32.1. The molecule has 3 aromatic rings. The molecule has 0 atom stereocenters. The smallest absolute Gasteiger partial charge is 0.195 e. The van der Waals surface area contributed by atoms with Gasteiger partial charge < -0.3 is 0 Å². The molecule has 2 heterocycles. The molecule has 118 valence electrons. The van der Waals surface area contributed by atoms with E-state index in [0.717, 1.165) is 20.9 Å². The van der Waals surface area contributed by atoms with E-state index in [1.54, 1.807) is 24.3 Å². The van der Waals surface area contributed by atoms with Gasteiger partial charge in [-0.1, -0.05) is 42.5 Å². The predicted molar refractivity (Wildman–Crippen MR) is 102 cm³/mol. The normalized spacial score (nSPS) is 11.3. The third-order valence-electron chi connectivity index (χ3n) is 3.29. The Bertz CT molecular complexity index is 814. The summed E-state index contributed by atoms with van der Waals surface area (Å²) < 4.78 is 0. The van der Waals surface area contributed by atoms with E-state index in [-0.39, 0.29) is 11.6 Å². The van der Waals surface area contributed by atoms with Crippen molar-refractivity contribution in [3.63, 3.8) is 0 Å². The second-order valence-electron chi connectivity index (χ2n) is 5.02. The molecular weight excluding hydrogens is 336 g/mol. The highest BCUT2D eigenvalue weighted by Crippen LogP contribution is 2.14. The Morgan fingerprint density at radius 1 is 0.708 bits per heavy atom. The maximum absolute atomic E-state index is 12.0. The molecule has 0 N–H and O–H groups in total. The fourth-order valence-electron chi connectivity index (χ4n) is 2.11. The molecular formula is C20H14O2S2. The van der Waals surface area contributed by atoms with E-state index in [9.17, 15) is 9.59 Å². The lowest BCUT2D eigenvalue weighted by Gasteiger charge is -1.97. The first-order valence-corrected chi connectivity index (χ1v) is 9.10. The van der Waals surface area contributed by atoms with Gasteiger partial charge in [-0.2, -0.15) is 0 Å². The highest BCUT2D eigenvalue weighted by molar-refractivity contribution is 7.12. The van der Waals surface area contributed by atoms with Crippen LogP contribution in [0.1, 0.15) is 30.5 Å². The fourth-order valence-corrected chi connectivity index (χ4v) is 3.40. The molecule has 4 heteroatoms. The van der Waals surface area contributed by atoms with Gasteiger partial charge in [-0.05, 0) is 52.2 Å². The van der Waals surface area contributed by atoms with Crippen LogP contribution in [0, 0.1) is 0 Å². The zero-order valence-corrected chi connectivity index (χ0v) is 14.3. The summed E-state index contributed by atoms with van der Waals surface area (Å²) in [7, 11) is 0. The number of carbonyl (C=O) groups is 2. The van der Waals surface area contributed by atoms with Crippen molar-refractivity contribution < 1.29 is 9.59 Å². The van der Waals surface area contributed by atoms with E-state index in [4.69, 9.17) is 0 Å². The minimum Gasteiger partial charge on any atom is -0.288 e. The van der Waals surface area contributed by atoms with Crippen molar-refractivity contribution in [3.8, 4) is 0 Å². The number of thiophene rings is 2. The van der Waals surface area contributed by atoms with Gasteiger partial charge in [0.25, 0.3) is 0 Å². The van der Waals surface area contributed by atoms with Crippen LogP contribution in [-0.2, 0) is 0 Å². The maximum Gasteiger partial charge on any atom is 0.195 e. The molecule has 0 fully saturated rings. The molecule has 0 spiro atoms. The largest absolute Gasteiger partial charge is 0.288 e. The summed E-state index contributed by atoms with van der Waals surface area (Å²) in [6.07, 6.45) is 6.73. The van der Waals surface area contributed by atoms with Gasteiger partial charge in [-0.25, -0.2) is 0 Å². The van der Waals surface area contributed by atoms with Crippen molar-refractivity contribution in [3.05, 3.63) is 92.3 Å². The van der Waals surface area contributed by atoms with Crippen LogP contribution in [0.3, 0.4) is 0 Å². The van der Waals surface area contributed by atoms with E-state index in [1.165, 1.54) is 22.7 Å². The molecule has 0 bridgehead atoms. The topological polar surface area (TPSA) is 34.1 Å². The summed E-state index contributed by atoms with van der Waals surface area (Å²) in [5, 5.41) is 3.77. The minimum atomic E-state index is -0.00109. The number of benzene rings is 1. The van der Waals surface area contributed by atoms with Gasteiger partial charge in [-0.15, -0.1) is 22.7 Å². The zero-order chi connectivity index (χ0) is 16.8. The minimum absolute atomic E-state index is 0.00109. The lowest BCUT2D eigenvalue weighted by atomic mass is 10.1. The van der Waals surface area contributed by atoms with Crippen molar-refractivity contribution in [2.45, 2.75) is 0 Å². The van der Waals surface area contributed by atoms with Gasteiger partial charge in [0.05, 0.1) is 9.75 Å². The van der Waals surface area contributed by atoms with E-state index >= 15 is 0 Å². The number of hydrogen-bond donors (Lipinski definition) is 0. The monoisotopic (exact) mass is 350 g/mol. The Balaban J connectivity index is 1.70. The molecule has 0 amide bonds. The van der Waals surface area contributed by atoms with E-state index < -0.39 is 0 Å². The SMILES string of the molecule is O=C(/C=C/c1cccc(/C=C/C(=O)c2cccs2)c1)c1cccs1. The van der Waals surface area contributed by atoms with Crippen LogP contribution in [0.4, 0.5) is 0 Å². The molecule has 2 aromatic heterocycles. The van der Waals surface area contributed by atoms with Crippen LogP contribution in [0.2, 0.25) is 0 Å². The molecule has 1 aromatic carbocycles. The van der Waals surface area contributed by atoms with Crippen LogP contribution in [0.5, 0.6) is 0 Å². The Morgan fingerprint density at radius 2 is 1.21 bits per heavy atom. The van der Waals surface area contributed by atoms with Gasteiger partial charge in [-0.3, -0.25) is 9.59 Å². The third kappa shape index (κ3) is 4.25. The van der Waals surface area contributed by atoms with Gasteiger partial charge >= 0.3 is 0 Å². The van der Waals surface area contributed by atoms with Crippen LogP contribution in [0.15, 0.2) is 71.4 Å². The summed E-state index contributed by atoms with van der Waals surface area (Å²) in [5.74, 6) is -0.00219. The second kappa shape index (κ2) is 7.81. The van der Waals surface area contributed by atoms with Gasteiger partial charge in [0.15, 0.2) is 11.6 Å². The molecule has 0 aliphatic carbocycles. The Labute approximate surface area is 148 Å². The summed E-state index contributed by atoms with van der Waals surface area (Å²) in [4.78, 5) is 25.4. The standard InChI is InChI=1S/C20H14O2S2/c21-17(19-6-2-12-23-19)10-8-15-4-1-5-16(14-15)9-11-18(22)20-7-3-13-24-20/h1-14H/b10-8+,11-9+. The third-order valence-corrected chi connectivity index (χ3v) is 5.06. The summed E-state index contributed by atoms with van der Waals surface area (Å²) >= 11 is 2.86. The molecule has 2 nitrogen and oxygen atoms in total. The molecule has 24 heavy (non-hydrogen) atoms. The Kier molecular flexibility index (Phi) is 5.31. The van der Waals surface area contributed by atoms with Gasteiger partial charge in [0.1, 0.15) is 0 Å². The lowest BCUT2D eigenvalue weighted by Crippen LogP contribution is -1.89. The molecule has 0 saturated carbocycles. The van der Waals surface area contributed by atoms with Crippen molar-refractivity contribution in [2.24, 2.45) is 0 Å². The van der Waals surface area contributed by atoms with Crippen LogP contribution in [-0.4, -0.2) is 11.6 Å². The number of hydrogen-bond acceptors (Lipinski definition) is 4. The van der Waals surface area contributed by atoms with Gasteiger partial charge in [0, 0.05) is 0 Å². The molecule has 0 aliphatic heterocycles. The number of allylic oxidation sites excluding steroid dienone is 2. The van der Waals surface area contributed by atoms with Crippen molar-refractivity contribution in [1.82, 2.24) is 0 Å². The average molecular weight is 350 g/mol. The fraction of sp³-hybridized carbons (Fsp3) is 0. The van der Waals surface area contributed by atoms with Gasteiger partial charge in [0.2, 0.25) is 0 Å². The Morgan fingerprint density at radius 3 is 1.62 bits per heavy atom. The summed E-state index contributed by atoms with van der Waals surface area (Å²) in [6.45, 7) is 0. The van der Waals surface area contributed by atoms with E-state index in [2.05, 4.69) is 0 Å². The highest BCUT2D eigenvalue weighted by Gasteiger charge is 2.03. The quantitative estimate of drug-likeness (QED) is 0.428. The second-order valence-corrected chi connectivity index (χ2v) is 6.92. The summed E-state index contributed by atoms with van der Waals surface area (Å²) in [5.41, 5.74) is 1.84. The van der Waals surface area contributed by atoms with E-state index in [0.29, 0.717) is 0 Å². The number of carbonyl (C=O) groups excluding carboxylic acids is 2. The first kappa shape index (κ1) is 16.3. The van der Waals surface area contributed by atoms with Crippen molar-refractivity contribution >= 4 is 46.4 Å². The first-order valence-electron chi connectivity index (χ1n) is 7.34. The first-order chi connectivity index (χ1) is 11.7. The van der Waals surface area contributed by atoms with Crippen molar-refractivity contribution in [2.75, 3.05) is 0 Å². The van der Waals surface area contributed by atoms with Crippen LogP contribution < -0.4 is 0 Å². The molecule has 0 unspecified atom stereocenters. The number of ketones is 2. The average Bonchev–Trinajstić information content (AvgIpc) is 3.31. The van der Waals surface area contributed by atoms with E-state index in [1.807, 2.05) is 59.3 Å². The predicted octanol–water partition coefficient (Wildman–Crippen LogP) is 5.60. The summed E-state index contributed by atoms with van der Waals surface area (Å²) in [6, 6.07) is 15.1. The molecule has 0 radical (unpaired) electrons.